The number of hydrogen-bond donors (Lipinski definition) is 1. The van der Waals surface area contributed by atoms with Gasteiger partial charge in [0.2, 0.25) is 0 Å². The Bertz CT molecular complexity index is 406. The summed E-state index contributed by atoms with van der Waals surface area (Å²) in [6.07, 6.45) is 0. The Hall–Kier alpha value is -1.55. The molecule has 1 aromatic carbocycles. The van der Waals surface area contributed by atoms with Crippen LogP contribution in [0.15, 0.2) is 30.3 Å². The van der Waals surface area contributed by atoms with Crippen molar-refractivity contribution in [1.29, 1.82) is 0 Å². The third-order valence-corrected chi connectivity index (χ3v) is 3.47. The number of para-hydroxylation sites is 1. The number of carbonyl (C=O) groups is 1. The molecule has 0 bridgehead atoms. The molecule has 1 aliphatic rings. The molecule has 0 spiro atoms. The van der Waals surface area contributed by atoms with E-state index in [1.807, 2.05) is 35.2 Å². The average molecular weight is 262 g/mol. The maximum absolute atomic E-state index is 12.1. The van der Waals surface area contributed by atoms with Crippen molar-refractivity contribution in [2.24, 2.45) is 5.92 Å². The van der Waals surface area contributed by atoms with E-state index in [1.54, 1.807) is 0 Å². The van der Waals surface area contributed by atoms with Crippen LogP contribution in [-0.2, 0) is 4.79 Å². The van der Waals surface area contributed by atoms with E-state index in [0.29, 0.717) is 12.0 Å². The summed E-state index contributed by atoms with van der Waals surface area (Å²) >= 11 is 0. The van der Waals surface area contributed by atoms with Crippen LogP contribution in [0.5, 0.6) is 5.75 Å². The lowest BCUT2D eigenvalue weighted by Gasteiger charge is -2.35. The number of amides is 1. The molecular weight excluding hydrogens is 240 g/mol. The molecule has 1 heterocycles. The fourth-order valence-corrected chi connectivity index (χ4v) is 2.20. The van der Waals surface area contributed by atoms with E-state index in [2.05, 4.69) is 19.2 Å². The molecule has 1 unspecified atom stereocenters. The molecule has 1 aliphatic heterocycles. The molecule has 0 aliphatic carbocycles. The Kier molecular flexibility index (Phi) is 4.80. The molecule has 0 radical (unpaired) electrons. The molecule has 0 saturated carbocycles. The van der Waals surface area contributed by atoms with Crippen molar-refractivity contribution in [3.05, 3.63) is 30.3 Å². The largest absolute Gasteiger partial charge is 0.484 e. The molecule has 1 N–H and O–H groups in total. The second-order valence-electron chi connectivity index (χ2n) is 5.25. The normalized spacial score (nSPS) is 19.5. The molecule has 104 valence electrons. The van der Waals surface area contributed by atoms with Gasteiger partial charge in [0, 0.05) is 25.7 Å². The predicted molar refractivity (Wildman–Crippen MR) is 75.1 cm³/mol. The third kappa shape index (κ3) is 3.96. The Balaban J connectivity index is 1.83. The number of piperazine rings is 1. The zero-order valence-corrected chi connectivity index (χ0v) is 11.6. The highest BCUT2D eigenvalue weighted by atomic mass is 16.5. The summed E-state index contributed by atoms with van der Waals surface area (Å²) in [6, 6.07) is 9.84. The van der Waals surface area contributed by atoms with Crippen LogP contribution in [0.25, 0.3) is 0 Å². The van der Waals surface area contributed by atoms with Gasteiger partial charge >= 0.3 is 0 Å². The second kappa shape index (κ2) is 6.57. The van der Waals surface area contributed by atoms with E-state index in [4.69, 9.17) is 4.74 Å². The van der Waals surface area contributed by atoms with Gasteiger partial charge in [-0.25, -0.2) is 0 Å². The second-order valence-corrected chi connectivity index (χ2v) is 5.25. The van der Waals surface area contributed by atoms with Gasteiger partial charge in [0.25, 0.3) is 5.91 Å². The summed E-state index contributed by atoms with van der Waals surface area (Å²) < 4.78 is 5.51. The van der Waals surface area contributed by atoms with Gasteiger partial charge in [0.15, 0.2) is 6.61 Å². The van der Waals surface area contributed by atoms with Crippen molar-refractivity contribution in [2.75, 3.05) is 26.2 Å². The Morgan fingerprint density at radius 3 is 2.84 bits per heavy atom. The smallest absolute Gasteiger partial charge is 0.260 e. The zero-order chi connectivity index (χ0) is 13.7. The quantitative estimate of drug-likeness (QED) is 0.894. The number of carbonyl (C=O) groups excluding carboxylic acids is 1. The minimum absolute atomic E-state index is 0.0657. The molecule has 0 aromatic heterocycles. The third-order valence-electron chi connectivity index (χ3n) is 3.47. The molecule has 1 fully saturated rings. The van der Waals surface area contributed by atoms with Crippen LogP contribution in [0.1, 0.15) is 13.8 Å². The van der Waals surface area contributed by atoms with Crippen LogP contribution in [0.2, 0.25) is 0 Å². The van der Waals surface area contributed by atoms with Gasteiger partial charge in [0.1, 0.15) is 5.75 Å². The first-order chi connectivity index (χ1) is 9.16. The van der Waals surface area contributed by atoms with Gasteiger partial charge in [-0.1, -0.05) is 32.0 Å². The Labute approximate surface area is 114 Å². The van der Waals surface area contributed by atoms with Crippen LogP contribution >= 0.6 is 0 Å². The molecular formula is C15H22N2O2. The highest BCUT2D eigenvalue weighted by Crippen LogP contribution is 2.11. The molecule has 2 rings (SSSR count). The van der Waals surface area contributed by atoms with Crippen molar-refractivity contribution in [2.45, 2.75) is 19.9 Å². The van der Waals surface area contributed by atoms with Crippen LogP contribution in [0, 0.1) is 5.92 Å². The van der Waals surface area contributed by atoms with E-state index in [1.165, 1.54) is 0 Å². The van der Waals surface area contributed by atoms with Crippen molar-refractivity contribution < 1.29 is 9.53 Å². The van der Waals surface area contributed by atoms with Gasteiger partial charge in [-0.2, -0.15) is 0 Å². The monoisotopic (exact) mass is 262 g/mol. The van der Waals surface area contributed by atoms with Gasteiger partial charge < -0.3 is 15.0 Å². The van der Waals surface area contributed by atoms with Crippen molar-refractivity contribution >= 4 is 5.91 Å². The first kappa shape index (κ1) is 13.9. The minimum atomic E-state index is 0.0657. The highest BCUT2D eigenvalue weighted by Gasteiger charge is 2.25. The standard InChI is InChI=1S/C15H22N2O2/c1-12(2)14-10-17(9-8-16-14)15(18)11-19-13-6-4-3-5-7-13/h3-7,12,14,16H,8-11H2,1-2H3. The van der Waals surface area contributed by atoms with Crippen molar-refractivity contribution in [3.63, 3.8) is 0 Å². The molecule has 19 heavy (non-hydrogen) atoms. The number of ether oxygens (including phenoxy) is 1. The maximum atomic E-state index is 12.1. The summed E-state index contributed by atoms with van der Waals surface area (Å²) in [4.78, 5) is 14.0. The fraction of sp³-hybridized carbons (Fsp3) is 0.533. The zero-order valence-electron chi connectivity index (χ0n) is 11.6. The average Bonchev–Trinajstić information content (AvgIpc) is 2.46. The van der Waals surface area contributed by atoms with Gasteiger partial charge in [0.05, 0.1) is 0 Å². The molecule has 1 atom stereocenters. The van der Waals surface area contributed by atoms with Crippen LogP contribution in [-0.4, -0.2) is 43.1 Å². The van der Waals surface area contributed by atoms with E-state index in [-0.39, 0.29) is 12.5 Å². The van der Waals surface area contributed by atoms with E-state index >= 15 is 0 Å². The lowest BCUT2D eigenvalue weighted by molar-refractivity contribution is -0.134. The summed E-state index contributed by atoms with van der Waals surface area (Å²) in [5, 5.41) is 3.44. The molecule has 1 amide bonds. The van der Waals surface area contributed by atoms with Crippen molar-refractivity contribution in [3.8, 4) is 5.75 Å². The van der Waals surface area contributed by atoms with Crippen molar-refractivity contribution in [1.82, 2.24) is 10.2 Å². The summed E-state index contributed by atoms with van der Waals surface area (Å²) in [7, 11) is 0. The summed E-state index contributed by atoms with van der Waals surface area (Å²) in [6.45, 7) is 6.86. The molecule has 1 aromatic rings. The number of nitrogens with zero attached hydrogens (tertiary/aromatic N) is 1. The summed E-state index contributed by atoms with van der Waals surface area (Å²) in [5.41, 5.74) is 0. The number of nitrogens with one attached hydrogen (secondary N) is 1. The van der Waals surface area contributed by atoms with E-state index < -0.39 is 0 Å². The first-order valence-electron chi connectivity index (χ1n) is 6.86. The van der Waals surface area contributed by atoms with E-state index in [0.717, 1.165) is 25.4 Å². The topological polar surface area (TPSA) is 41.6 Å². The SMILES string of the molecule is CC(C)C1CN(C(=O)COc2ccccc2)CCN1. The maximum Gasteiger partial charge on any atom is 0.260 e. The Morgan fingerprint density at radius 1 is 1.42 bits per heavy atom. The van der Waals surface area contributed by atoms with Gasteiger partial charge in [-0.15, -0.1) is 0 Å². The number of rotatable bonds is 4. The lowest BCUT2D eigenvalue weighted by atomic mass is 10.0. The lowest BCUT2D eigenvalue weighted by Crippen LogP contribution is -2.55. The highest BCUT2D eigenvalue weighted by molar-refractivity contribution is 5.78. The molecule has 4 nitrogen and oxygen atoms in total. The predicted octanol–water partition coefficient (Wildman–Crippen LogP) is 1.52. The minimum Gasteiger partial charge on any atom is -0.484 e. The molecule has 1 saturated heterocycles. The fourth-order valence-electron chi connectivity index (χ4n) is 2.20. The van der Waals surface area contributed by atoms with Crippen LogP contribution in [0.4, 0.5) is 0 Å². The van der Waals surface area contributed by atoms with Gasteiger partial charge in [-0.05, 0) is 18.1 Å². The van der Waals surface area contributed by atoms with Crippen LogP contribution < -0.4 is 10.1 Å². The number of hydrogen-bond acceptors (Lipinski definition) is 3. The molecule has 4 heteroatoms. The summed E-state index contributed by atoms with van der Waals surface area (Å²) in [5.74, 6) is 1.34. The van der Waals surface area contributed by atoms with E-state index in [9.17, 15) is 4.79 Å². The number of benzene rings is 1. The van der Waals surface area contributed by atoms with Gasteiger partial charge in [-0.3, -0.25) is 4.79 Å². The first-order valence-corrected chi connectivity index (χ1v) is 6.86. The Morgan fingerprint density at radius 2 is 2.16 bits per heavy atom. The van der Waals surface area contributed by atoms with Crippen LogP contribution in [0.3, 0.4) is 0 Å².